The van der Waals surface area contributed by atoms with Gasteiger partial charge in [-0.25, -0.2) is 4.98 Å². The molecule has 0 aromatic carbocycles. The Hall–Kier alpha value is -0.620. The summed E-state index contributed by atoms with van der Waals surface area (Å²) in [4.78, 5) is 17.4. The number of ether oxygens (including phenoxy) is 1. The molecule has 0 N–H and O–H groups in total. The summed E-state index contributed by atoms with van der Waals surface area (Å²) in [5.41, 5.74) is 0. The molecule has 0 saturated heterocycles. The van der Waals surface area contributed by atoms with Crippen LogP contribution in [0.1, 0.15) is 13.3 Å². The van der Waals surface area contributed by atoms with E-state index in [1.54, 1.807) is 13.1 Å². The van der Waals surface area contributed by atoms with Gasteiger partial charge in [-0.15, -0.1) is 0 Å². The molecule has 0 unspecified atom stereocenters. The van der Waals surface area contributed by atoms with Crippen molar-refractivity contribution >= 4 is 43.6 Å². The minimum absolute atomic E-state index is 0.187. The molecule has 0 bridgehead atoms. The number of anilines is 1. The number of nitrogens with zero attached hydrogens (tertiary/aromatic N) is 2. The number of esters is 1. The summed E-state index contributed by atoms with van der Waals surface area (Å²) in [5, 5.41) is 0. The quantitative estimate of drug-likeness (QED) is 0.752. The molecule has 1 aromatic heterocycles. The number of carbonyl (C=O) groups excluding carboxylic acids is 1. The molecule has 17 heavy (non-hydrogen) atoms. The Kier molecular flexibility index (Phi) is 5.91. The van der Waals surface area contributed by atoms with Crippen molar-refractivity contribution in [1.82, 2.24) is 4.98 Å². The van der Waals surface area contributed by atoms with Gasteiger partial charge in [0.2, 0.25) is 0 Å². The maximum Gasteiger partial charge on any atom is 0.307 e. The maximum atomic E-state index is 11.2. The predicted molar refractivity (Wildman–Crippen MR) is 74.2 cm³/mol. The molecule has 0 fully saturated rings. The van der Waals surface area contributed by atoms with Crippen molar-refractivity contribution in [3.63, 3.8) is 0 Å². The molecule has 0 atom stereocenters. The van der Waals surface area contributed by atoms with Crippen LogP contribution in [0.2, 0.25) is 0 Å². The Morgan fingerprint density at radius 3 is 2.82 bits per heavy atom. The lowest BCUT2D eigenvalue weighted by molar-refractivity contribution is -0.142. The number of aromatic nitrogens is 1. The molecule has 1 rings (SSSR count). The minimum atomic E-state index is -0.187. The molecule has 0 aliphatic rings. The van der Waals surface area contributed by atoms with Crippen LogP contribution in [0.4, 0.5) is 5.82 Å². The third-order valence-corrected chi connectivity index (χ3v) is 3.12. The number of hydrogen-bond acceptors (Lipinski definition) is 4. The van der Waals surface area contributed by atoms with Crippen LogP contribution >= 0.6 is 31.9 Å². The Bertz CT molecular complexity index is 399. The summed E-state index contributed by atoms with van der Waals surface area (Å²) in [6.45, 7) is 2.79. The fourth-order valence-corrected chi connectivity index (χ4v) is 2.58. The first-order chi connectivity index (χ1) is 8.04. The van der Waals surface area contributed by atoms with Crippen LogP contribution in [0.5, 0.6) is 0 Å². The van der Waals surface area contributed by atoms with Gasteiger partial charge in [-0.2, -0.15) is 0 Å². The van der Waals surface area contributed by atoms with E-state index in [1.165, 1.54) is 0 Å². The summed E-state index contributed by atoms with van der Waals surface area (Å²) in [5.74, 6) is 0.616. The average molecular weight is 366 g/mol. The molecular formula is C11H14Br2N2O2. The zero-order valence-corrected chi connectivity index (χ0v) is 12.9. The van der Waals surface area contributed by atoms with Crippen LogP contribution in [-0.2, 0) is 9.53 Å². The molecule has 0 aliphatic carbocycles. The van der Waals surface area contributed by atoms with Crippen LogP contribution in [0.15, 0.2) is 21.2 Å². The van der Waals surface area contributed by atoms with E-state index < -0.39 is 0 Å². The van der Waals surface area contributed by atoms with Crippen molar-refractivity contribution in [1.29, 1.82) is 0 Å². The normalized spacial score (nSPS) is 10.1. The summed E-state index contributed by atoms with van der Waals surface area (Å²) in [6.07, 6.45) is 2.08. The van der Waals surface area contributed by atoms with Crippen molar-refractivity contribution in [3.8, 4) is 0 Å². The fraction of sp³-hybridized carbons (Fsp3) is 0.455. The van der Waals surface area contributed by atoms with Crippen molar-refractivity contribution in [2.45, 2.75) is 13.3 Å². The topological polar surface area (TPSA) is 42.4 Å². The van der Waals surface area contributed by atoms with E-state index in [1.807, 2.05) is 18.0 Å². The highest BCUT2D eigenvalue weighted by molar-refractivity contribution is 9.11. The van der Waals surface area contributed by atoms with Gasteiger partial charge in [-0.1, -0.05) is 0 Å². The van der Waals surface area contributed by atoms with E-state index in [2.05, 4.69) is 36.8 Å². The van der Waals surface area contributed by atoms with E-state index in [-0.39, 0.29) is 5.97 Å². The van der Waals surface area contributed by atoms with Gasteiger partial charge >= 0.3 is 5.97 Å². The second-order valence-electron chi connectivity index (χ2n) is 3.44. The van der Waals surface area contributed by atoms with Crippen LogP contribution in [0.3, 0.4) is 0 Å². The number of carbonyl (C=O) groups is 1. The Morgan fingerprint density at radius 2 is 2.24 bits per heavy atom. The molecule has 6 heteroatoms. The lowest BCUT2D eigenvalue weighted by atomic mass is 10.3. The minimum Gasteiger partial charge on any atom is -0.466 e. The Morgan fingerprint density at radius 1 is 1.53 bits per heavy atom. The molecular weight excluding hydrogens is 352 g/mol. The molecule has 94 valence electrons. The zero-order chi connectivity index (χ0) is 12.8. The SMILES string of the molecule is CCOC(=O)CCN(C)c1ncc(Br)cc1Br. The van der Waals surface area contributed by atoms with E-state index >= 15 is 0 Å². The summed E-state index contributed by atoms with van der Waals surface area (Å²) < 4.78 is 6.67. The number of rotatable bonds is 5. The van der Waals surface area contributed by atoms with Crippen LogP contribution in [0.25, 0.3) is 0 Å². The van der Waals surface area contributed by atoms with Crippen molar-refractivity contribution in [3.05, 3.63) is 21.2 Å². The fourth-order valence-electron chi connectivity index (χ4n) is 1.29. The van der Waals surface area contributed by atoms with E-state index in [9.17, 15) is 4.79 Å². The van der Waals surface area contributed by atoms with Gasteiger partial charge in [0, 0.05) is 24.3 Å². The van der Waals surface area contributed by atoms with Crippen LogP contribution < -0.4 is 4.90 Å². The lowest BCUT2D eigenvalue weighted by Crippen LogP contribution is -2.23. The van der Waals surface area contributed by atoms with Gasteiger partial charge < -0.3 is 9.64 Å². The summed E-state index contributed by atoms with van der Waals surface area (Å²) in [7, 11) is 1.89. The number of halogens is 2. The van der Waals surface area contributed by atoms with Gasteiger partial charge in [0.1, 0.15) is 5.82 Å². The molecule has 0 aliphatic heterocycles. The summed E-state index contributed by atoms with van der Waals surface area (Å²) in [6, 6.07) is 1.92. The monoisotopic (exact) mass is 364 g/mol. The first kappa shape index (κ1) is 14.4. The highest BCUT2D eigenvalue weighted by Crippen LogP contribution is 2.25. The van der Waals surface area contributed by atoms with Gasteiger partial charge in [0.05, 0.1) is 17.5 Å². The molecule has 0 amide bonds. The van der Waals surface area contributed by atoms with E-state index in [0.29, 0.717) is 19.6 Å². The zero-order valence-electron chi connectivity index (χ0n) is 9.74. The molecule has 0 spiro atoms. The largest absolute Gasteiger partial charge is 0.466 e. The average Bonchev–Trinajstić information content (AvgIpc) is 2.26. The van der Waals surface area contributed by atoms with Gasteiger partial charge in [-0.05, 0) is 44.8 Å². The van der Waals surface area contributed by atoms with Gasteiger partial charge in [0.15, 0.2) is 0 Å². The molecule has 1 heterocycles. The maximum absolute atomic E-state index is 11.2. The van der Waals surface area contributed by atoms with Crippen LogP contribution in [-0.4, -0.2) is 31.2 Å². The Balaban J connectivity index is 2.57. The van der Waals surface area contributed by atoms with Gasteiger partial charge in [0.25, 0.3) is 0 Å². The third kappa shape index (κ3) is 4.63. The lowest BCUT2D eigenvalue weighted by Gasteiger charge is -2.18. The number of hydrogen-bond donors (Lipinski definition) is 0. The molecule has 1 aromatic rings. The number of pyridine rings is 1. The van der Waals surface area contributed by atoms with Crippen molar-refractivity contribution in [2.24, 2.45) is 0 Å². The molecule has 0 radical (unpaired) electrons. The highest BCUT2D eigenvalue weighted by atomic mass is 79.9. The summed E-state index contributed by atoms with van der Waals surface area (Å²) >= 11 is 6.78. The highest BCUT2D eigenvalue weighted by Gasteiger charge is 2.10. The van der Waals surface area contributed by atoms with Gasteiger partial charge in [-0.3, -0.25) is 4.79 Å². The standard InChI is InChI=1S/C11H14Br2N2O2/c1-3-17-10(16)4-5-15(2)11-9(13)6-8(12)7-14-11/h6-7H,3-5H2,1-2H3. The Labute approximate surface area is 118 Å². The second kappa shape index (κ2) is 6.96. The molecule has 4 nitrogen and oxygen atoms in total. The third-order valence-electron chi connectivity index (χ3n) is 2.11. The van der Waals surface area contributed by atoms with Crippen molar-refractivity contribution < 1.29 is 9.53 Å². The van der Waals surface area contributed by atoms with Crippen molar-refractivity contribution in [2.75, 3.05) is 25.1 Å². The van der Waals surface area contributed by atoms with E-state index in [0.717, 1.165) is 14.8 Å². The first-order valence-electron chi connectivity index (χ1n) is 5.22. The second-order valence-corrected chi connectivity index (χ2v) is 5.21. The van der Waals surface area contributed by atoms with E-state index in [4.69, 9.17) is 4.74 Å². The predicted octanol–water partition coefficient (Wildman–Crippen LogP) is 3.00. The first-order valence-corrected chi connectivity index (χ1v) is 6.81. The molecule has 0 saturated carbocycles. The van der Waals surface area contributed by atoms with Crippen LogP contribution in [0, 0.1) is 0 Å². The smallest absolute Gasteiger partial charge is 0.307 e.